The summed E-state index contributed by atoms with van der Waals surface area (Å²) in [4.78, 5) is 23.7. The summed E-state index contributed by atoms with van der Waals surface area (Å²) in [5.74, 6) is -1.65. The highest BCUT2D eigenvalue weighted by Gasteiger charge is 2.17. The molecule has 1 atom stereocenters. The molecule has 126 valence electrons. The molecule has 0 aliphatic rings. The van der Waals surface area contributed by atoms with Crippen molar-refractivity contribution >= 4 is 11.7 Å². The van der Waals surface area contributed by atoms with Crippen molar-refractivity contribution in [2.75, 3.05) is 13.2 Å². The van der Waals surface area contributed by atoms with Crippen molar-refractivity contribution in [3.05, 3.63) is 65.5 Å². The Labute approximate surface area is 139 Å². The number of ether oxygens (including phenoxy) is 1. The quantitative estimate of drug-likeness (QED) is 0.600. The first-order valence-corrected chi connectivity index (χ1v) is 7.41. The van der Waals surface area contributed by atoms with Crippen molar-refractivity contribution in [2.45, 2.75) is 13.0 Å². The summed E-state index contributed by atoms with van der Waals surface area (Å²) in [5.41, 5.74) is 1.26. The largest absolute Gasteiger partial charge is 0.491 e. The molecule has 6 heteroatoms. The van der Waals surface area contributed by atoms with Gasteiger partial charge in [0.15, 0.2) is 0 Å². The number of rotatable bonds is 7. The molecule has 0 saturated heterocycles. The molecule has 0 radical (unpaired) electrons. The van der Waals surface area contributed by atoms with Crippen LogP contribution in [0.1, 0.15) is 15.9 Å². The van der Waals surface area contributed by atoms with Gasteiger partial charge in [-0.05, 0) is 19.1 Å². The van der Waals surface area contributed by atoms with Crippen LogP contribution in [-0.2, 0) is 4.79 Å². The number of hydrogen-bond acceptors (Lipinski definition) is 4. The number of carbonyl (C=O) groups is 2. The van der Waals surface area contributed by atoms with Gasteiger partial charge in [-0.2, -0.15) is 0 Å². The number of aryl methyl sites for hydroxylation is 1. The molecule has 1 amide bonds. The van der Waals surface area contributed by atoms with E-state index in [-0.39, 0.29) is 24.5 Å². The lowest BCUT2D eigenvalue weighted by Gasteiger charge is -2.13. The molecule has 0 unspecified atom stereocenters. The van der Waals surface area contributed by atoms with E-state index in [1.54, 1.807) is 30.3 Å². The summed E-state index contributed by atoms with van der Waals surface area (Å²) >= 11 is 0. The second-order valence-electron chi connectivity index (χ2n) is 5.33. The van der Waals surface area contributed by atoms with E-state index in [0.717, 1.165) is 5.56 Å². The maximum atomic E-state index is 13.0. The van der Waals surface area contributed by atoms with Crippen LogP contribution < -0.4 is 10.1 Å². The average molecular weight is 331 g/mol. The summed E-state index contributed by atoms with van der Waals surface area (Å²) in [6.45, 7) is 1.59. The second-order valence-corrected chi connectivity index (χ2v) is 5.33. The zero-order chi connectivity index (χ0) is 17.5. The number of aliphatic hydroxyl groups is 1. The number of carbonyl (C=O) groups excluding carboxylic acids is 2. The monoisotopic (exact) mass is 331 g/mol. The molecule has 0 aliphatic carbocycles. The Bertz CT molecular complexity index is 715. The first kappa shape index (κ1) is 17.6. The van der Waals surface area contributed by atoms with Crippen LogP contribution in [0.15, 0.2) is 48.5 Å². The lowest BCUT2D eigenvalue weighted by Crippen LogP contribution is -2.38. The maximum absolute atomic E-state index is 13.0. The van der Waals surface area contributed by atoms with Crippen LogP contribution in [0.5, 0.6) is 5.75 Å². The van der Waals surface area contributed by atoms with E-state index in [2.05, 4.69) is 5.32 Å². The molecular weight excluding hydrogens is 313 g/mol. The Morgan fingerprint density at radius 2 is 1.92 bits per heavy atom. The smallest absolute Gasteiger partial charge is 0.292 e. The molecule has 0 fully saturated rings. The van der Waals surface area contributed by atoms with Gasteiger partial charge in [0.1, 0.15) is 24.3 Å². The van der Waals surface area contributed by atoms with Crippen LogP contribution in [-0.4, -0.2) is 36.1 Å². The third-order valence-electron chi connectivity index (χ3n) is 3.26. The number of ketones is 1. The fourth-order valence-electron chi connectivity index (χ4n) is 1.93. The maximum Gasteiger partial charge on any atom is 0.292 e. The van der Waals surface area contributed by atoms with E-state index in [9.17, 15) is 19.1 Å². The third kappa shape index (κ3) is 5.17. The summed E-state index contributed by atoms with van der Waals surface area (Å²) < 4.78 is 18.2. The summed E-state index contributed by atoms with van der Waals surface area (Å²) in [6, 6.07) is 12.1. The van der Waals surface area contributed by atoms with Crippen LogP contribution in [0, 0.1) is 12.7 Å². The van der Waals surface area contributed by atoms with Gasteiger partial charge in [0.25, 0.3) is 5.91 Å². The van der Waals surface area contributed by atoms with Crippen LogP contribution in [0.4, 0.5) is 4.39 Å². The molecule has 0 saturated carbocycles. The Balaban J connectivity index is 1.78. The van der Waals surface area contributed by atoms with Gasteiger partial charge in [-0.25, -0.2) is 4.39 Å². The molecule has 2 N–H and O–H groups in total. The van der Waals surface area contributed by atoms with Crippen LogP contribution >= 0.6 is 0 Å². The standard InChI is InChI=1S/C18H18FNO4/c1-12-5-7-13(8-6-12)17(22)18(23)20-10-15(21)11-24-16-4-2-3-14(19)9-16/h2-9,15,21H,10-11H2,1H3,(H,20,23)/t15-/m0/s1. The van der Waals surface area contributed by atoms with Crippen LogP contribution in [0.2, 0.25) is 0 Å². The van der Waals surface area contributed by atoms with Gasteiger partial charge >= 0.3 is 0 Å². The molecule has 0 spiro atoms. The summed E-state index contributed by atoms with van der Waals surface area (Å²) in [6.07, 6.45) is -1.02. The number of aliphatic hydroxyl groups excluding tert-OH is 1. The predicted molar refractivity (Wildman–Crippen MR) is 86.4 cm³/mol. The second kappa shape index (κ2) is 8.21. The number of nitrogens with one attached hydrogen (secondary N) is 1. The van der Waals surface area contributed by atoms with E-state index in [1.165, 1.54) is 18.2 Å². The molecule has 2 rings (SSSR count). The topological polar surface area (TPSA) is 75.6 Å². The summed E-state index contributed by atoms with van der Waals surface area (Å²) in [5, 5.41) is 12.1. The molecular formula is C18H18FNO4. The fraction of sp³-hybridized carbons (Fsp3) is 0.222. The molecule has 0 heterocycles. The first-order valence-electron chi connectivity index (χ1n) is 7.41. The minimum atomic E-state index is -1.02. The first-order chi connectivity index (χ1) is 11.5. The number of halogens is 1. The minimum Gasteiger partial charge on any atom is -0.491 e. The van der Waals surface area contributed by atoms with Crippen molar-refractivity contribution in [2.24, 2.45) is 0 Å². The Kier molecular flexibility index (Phi) is 6.03. The molecule has 2 aromatic carbocycles. The van der Waals surface area contributed by atoms with E-state index < -0.39 is 23.6 Å². The fourth-order valence-corrected chi connectivity index (χ4v) is 1.93. The van der Waals surface area contributed by atoms with Gasteiger partial charge in [-0.1, -0.05) is 35.9 Å². The van der Waals surface area contributed by atoms with Gasteiger partial charge in [0.2, 0.25) is 5.78 Å². The SMILES string of the molecule is Cc1ccc(C(=O)C(=O)NC[C@H](O)COc2cccc(F)c2)cc1. The van der Waals surface area contributed by atoms with E-state index in [4.69, 9.17) is 4.74 Å². The number of benzene rings is 2. The third-order valence-corrected chi connectivity index (χ3v) is 3.26. The zero-order valence-corrected chi connectivity index (χ0v) is 13.2. The minimum absolute atomic E-state index is 0.136. The van der Waals surface area contributed by atoms with Gasteiger partial charge in [0, 0.05) is 18.2 Å². The lowest BCUT2D eigenvalue weighted by molar-refractivity contribution is -0.117. The number of amides is 1. The van der Waals surface area contributed by atoms with Gasteiger partial charge < -0.3 is 15.2 Å². The Morgan fingerprint density at radius 1 is 1.21 bits per heavy atom. The normalized spacial score (nSPS) is 11.6. The highest BCUT2D eigenvalue weighted by Crippen LogP contribution is 2.12. The van der Waals surface area contributed by atoms with Gasteiger partial charge in [-0.3, -0.25) is 9.59 Å². The lowest BCUT2D eigenvalue weighted by atomic mass is 10.1. The molecule has 0 aliphatic heterocycles. The van der Waals surface area contributed by atoms with E-state index in [1.807, 2.05) is 6.92 Å². The Hall–Kier alpha value is -2.73. The van der Waals surface area contributed by atoms with E-state index >= 15 is 0 Å². The van der Waals surface area contributed by atoms with Crippen LogP contribution in [0.25, 0.3) is 0 Å². The molecule has 24 heavy (non-hydrogen) atoms. The summed E-state index contributed by atoms with van der Waals surface area (Å²) in [7, 11) is 0. The average Bonchev–Trinajstić information content (AvgIpc) is 2.58. The predicted octanol–water partition coefficient (Wildman–Crippen LogP) is 1.87. The highest BCUT2D eigenvalue weighted by atomic mass is 19.1. The molecule has 0 bridgehead atoms. The van der Waals surface area contributed by atoms with Gasteiger partial charge in [0.05, 0.1) is 0 Å². The van der Waals surface area contributed by atoms with Crippen molar-refractivity contribution in [1.82, 2.24) is 5.32 Å². The van der Waals surface area contributed by atoms with Crippen LogP contribution in [0.3, 0.4) is 0 Å². The van der Waals surface area contributed by atoms with Crippen molar-refractivity contribution in [1.29, 1.82) is 0 Å². The Morgan fingerprint density at radius 3 is 2.58 bits per heavy atom. The van der Waals surface area contributed by atoms with E-state index in [0.29, 0.717) is 0 Å². The molecule has 2 aromatic rings. The molecule has 5 nitrogen and oxygen atoms in total. The van der Waals surface area contributed by atoms with Gasteiger partial charge in [-0.15, -0.1) is 0 Å². The van der Waals surface area contributed by atoms with Crippen molar-refractivity contribution in [3.63, 3.8) is 0 Å². The number of Topliss-reactive ketones (excluding diaryl/α,β-unsaturated/α-hetero) is 1. The highest BCUT2D eigenvalue weighted by molar-refractivity contribution is 6.42. The molecule has 0 aromatic heterocycles. The number of hydrogen-bond donors (Lipinski definition) is 2. The zero-order valence-electron chi connectivity index (χ0n) is 13.2. The van der Waals surface area contributed by atoms with Crippen molar-refractivity contribution in [3.8, 4) is 5.75 Å². The van der Waals surface area contributed by atoms with Crippen molar-refractivity contribution < 1.29 is 23.8 Å².